The van der Waals surface area contributed by atoms with Crippen molar-refractivity contribution in [2.45, 2.75) is 29.5 Å². The van der Waals surface area contributed by atoms with E-state index in [2.05, 4.69) is 106 Å². The summed E-state index contributed by atoms with van der Waals surface area (Å²) in [4.78, 5) is 19.3. The van der Waals surface area contributed by atoms with Gasteiger partial charge in [0.05, 0.1) is 6.04 Å². The van der Waals surface area contributed by atoms with Crippen molar-refractivity contribution in [1.82, 2.24) is 15.1 Å². The van der Waals surface area contributed by atoms with Crippen LogP contribution >= 0.6 is 11.8 Å². The van der Waals surface area contributed by atoms with Gasteiger partial charge in [-0.3, -0.25) is 9.69 Å². The third-order valence-electron chi connectivity index (χ3n) is 7.10. The Labute approximate surface area is 219 Å². The Bertz CT molecular complexity index is 1120. The molecule has 5 rings (SSSR count). The highest BCUT2D eigenvalue weighted by atomic mass is 32.2. The lowest BCUT2D eigenvalue weighted by Gasteiger charge is -2.34. The zero-order valence-corrected chi connectivity index (χ0v) is 21.6. The second-order valence-electron chi connectivity index (χ2n) is 9.58. The quantitative estimate of drug-likeness (QED) is 0.439. The van der Waals surface area contributed by atoms with Crippen molar-refractivity contribution in [3.8, 4) is 0 Å². The van der Waals surface area contributed by atoms with Crippen molar-refractivity contribution in [1.29, 1.82) is 0 Å². The van der Waals surface area contributed by atoms with Crippen molar-refractivity contribution >= 4 is 23.7 Å². The van der Waals surface area contributed by atoms with E-state index in [9.17, 15) is 4.79 Å². The summed E-state index contributed by atoms with van der Waals surface area (Å²) >= 11 is 1.86. The van der Waals surface area contributed by atoms with Gasteiger partial charge in [-0.2, -0.15) is 0 Å². The van der Waals surface area contributed by atoms with Gasteiger partial charge in [0.2, 0.25) is 5.91 Å². The molecule has 0 saturated carbocycles. The van der Waals surface area contributed by atoms with Crippen molar-refractivity contribution in [3.63, 3.8) is 0 Å². The van der Waals surface area contributed by atoms with E-state index >= 15 is 0 Å². The predicted octanol–water partition coefficient (Wildman–Crippen LogP) is 5.61. The Morgan fingerprint density at radius 1 is 0.861 bits per heavy atom. The summed E-state index contributed by atoms with van der Waals surface area (Å²) in [6, 6.07) is 27.4. The summed E-state index contributed by atoms with van der Waals surface area (Å²) in [5, 5.41) is 3.37. The van der Waals surface area contributed by atoms with E-state index in [1.165, 1.54) is 27.1 Å². The Kier molecular flexibility index (Phi) is 8.55. The fraction of sp³-hybridized carbons (Fsp3) is 0.323. The van der Waals surface area contributed by atoms with E-state index in [0.29, 0.717) is 6.42 Å². The van der Waals surface area contributed by atoms with Crippen LogP contribution in [0.5, 0.6) is 0 Å². The highest BCUT2D eigenvalue weighted by Crippen LogP contribution is 2.39. The van der Waals surface area contributed by atoms with Crippen LogP contribution in [0.2, 0.25) is 0 Å². The van der Waals surface area contributed by atoms with Crippen LogP contribution in [0.4, 0.5) is 0 Å². The van der Waals surface area contributed by atoms with Gasteiger partial charge in [0.25, 0.3) is 0 Å². The lowest BCUT2D eigenvalue weighted by molar-refractivity contribution is -0.121. The van der Waals surface area contributed by atoms with E-state index in [0.717, 1.165) is 51.4 Å². The molecule has 1 atom stereocenters. The summed E-state index contributed by atoms with van der Waals surface area (Å²) < 4.78 is 0. The van der Waals surface area contributed by atoms with E-state index in [4.69, 9.17) is 0 Å². The van der Waals surface area contributed by atoms with Gasteiger partial charge in [-0.05, 0) is 41.3 Å². The van der Waals surface area contributed by atoms with Crippen LogP contribution in [0.25, 0.3) is 6.08 Å². The van der Waals surface area contributed by atoms with Crippen molar-refractivity contribution in [3.05, 3.63) is 107 Å². The molecule has 2 aliphatic heterocycles. The molecule has 0 aliphatic carbocycles. The first kappa shape index (κ1) is 24.8. The van der Waals surface area contributed by atoms with Gasteiger partial charge in [0, 0.05) is 49.8 Å². The molecule has 3 aromatic carbocycles. The SMILES string of the molecule is O=C(CCCN1CCN(C/C=C/c2ccccc2)CC1)NC1c2ccccc2CSc2ccccc21. The summed E-state index contributed by atoms with van der Waals surface area (Å²) in [6.07, 6.45) is 5.92. The number of hydrogen-bond acceptors (Lipinski definition) is 4. The van der Waals surface area contributed by atoms with Gasteiger partial charge in [0.15, 0.2) is 0 Å². The number of rotatable bonds is 8. The van der Waals surface area contributed by atoms with Crippen LogP contribution in [0.1, 0.15) is 41.1 Å². The maximum Gasteiger partial charge on any atom is 0.220 e. The molecule has 0 radical (unpaired) electrons. The lowest BCUT2D eigenvalue weighted by Crippen LogP contribution is -2.46. The van der Waals surface area contributed by atoms with Crippen molar-refractivity contribution < 1.29 is 4.79 Å². The van der Waals surface area contributed by atoms with Crippen LogP contribution in [0.3, 0.4) is 0 Å². The fourth-order valence-electron chi connectivity index (χ4n) is 5.07. The summed E-state index contributed by atoms with van der Waals surface area (Å²) in [5.74, 6) is 1.08. The Hall–Kier alpha value is -2.86. The average Bonchev–Trinajstić information content (AvgIpc) is 3.07. The molecule has 1 amide bonds. The molecule has 2 aliphatic rings. The molecule has 1 N–H and O–H groups in total. The minimum atomic E-state index is -0.0765. The molecule has 3 aromatic rings. The Morgan fingerprint density at radius 3 is 2.39 bits per heavy atom. The smallest absolute Gasteiger partial charge is 0.220 e. The molecule has 0 aromatic heterocycles. The monoisotopic (exact) mass is 497 g/mol. The zero-order valence-electron chi connectivity index (χ0n) is 20.8. The highest BCUT2D eigenvalue weighted by molar-refractivity contribution is 7.98. The first-order valence-electron chi connectivity index (χ1n) is 13.0. The number of benzene rings is 3. The van der Waals surface area contributed by atoms with Crippen LogP contribution in [0.15, 0.2) is 89.8 Å². The number of piperazine rings is 1. The maximum atomic E-state index is 13.0. The summed E-state index contributed by atoms with van der Waals surface area (Å²) in [7, 11) is 0. The zero-order chi connectivity index (χ0) is 24.6. The number of fused-ring (bicyclic) bond motifs is 2. The molecule has 1 saturated heterocycles. The molecule has 36 heavy (non-hydrogen) atoms. The fourth-order valence-corrected chi connectivity index (χ4v) is 6.17. The van der Waals surface area contributed by atoms with E-state index in [1.54, 1.807) is 0 Å². The molecule has 1 unspecified atom stereocenters. The predicted molar refractivity (Wildman–Crippen MR) is 150 cm³/mol. The van der Waals surface area contributed by atoms with Crippen LogP contribution in [-0.2, 0) is 10.5 Å². The largest absolute Gasteiger partial charge is 0.345 e. The average molecular weight is 498 g/mol. The number of hydrogen-bond donors (Lipinski definition) is 1. The number of nitrogens with zero attached hydrogens (tertiary/aromatic N) is 2. The third-order valence-corrected chi connectivity index (χ3v) is 8.24. The molecule has 186 valence electrons. The second-order valence-corrected chi connectivity index (χ2v) is 10.6. The lowest BCUT2D eigenvalue weighted by atomic mass is 9.95. The number of nitrogens with one attached hydrogen (secondary N) is 1. The minimum absolute atomic E-state index is 0.0765. The summed E-state index contributed by atoms with van der Waals surface area (Å²) in [6.45, 7) is 6.28. The molecular formula is C31H35N3OS. The van der Waals surface area contributed by atoms with Crippen molar-refractivity contribution in [2.24, 2.45) is 0 Å². The van der Waals surface area contributed by atoms with Crippen LogP contribution in [0, 0.1) is 0 Å². The maximum absolute atomic E-state index is 13.0. The number of amides is 1. The molecule has 5 heteroatoms. The topological polar surface area (TPSA) is 35.6 Å². The van der Waals surface area contributed by atoms with E-state index in [-0.39, 0.29) is 11.9 Å². The highest BCUT2D eigenvalue weighted by Gasteiger charge is 2.25. The molecule has 0 bridgehead atoms. The normalized spacial score (nSPS) is 18.4. The standard InChI is InChI=1S/C31H35N3OS/c35-30(32-31-27-14-5-4-13-26(27)24-36-29-16-7-6-15-28(29)31)17-9-19-34-22-20-33(21-23-34)18-8-12-25-10-2-1-3-11-25/h1-8,10-16,31H,9,17-24H2,(H,32,35)/b12-8+. The van der Waals surface area contributed by atoms with E-state index < -0.39 is 0 Å². The van der Waals surface area contributed by atoms with Crippen molar-refractivity contribution in [2.75, 3.05) is 39.3 Å². The second kappa shape index (κ2) is 12.4. The molecule has 1 fully saturated rings. The Morgan fingerprint density at radius 2 is 1.56 bits per heavy atom. The number of carbonyl (C=O) groups is 1. The third kappa shape index (κ3) is 6.47. The van der Waals surface area contributed by atoms with Gasteiger partial charge in [-0.25, -0.2) is 0 Å². The van der Waals surface area contributed by atoms with Gasteiger partial charge in [0.1, 0.15) is 0 Å². The number of thioether (sulfide) groups is 1. The van der Waals surface area contributed by atoms with Gasteiger partial charge >= 0.3 is 0 Å². The summed E-state index contributed by atoms with van der Waals surface area (Å²) in [5.41, 5.74) is 4.99. The molecule has 4 nitrogen and oxygen atoms in total. The van der Waals surface area contributed by atoms with Crippen LogP contribution < -0.4 is 5.32 Å². The first-order valence-corrected chi connectivity index (χ1v) is 14.0. The molecular weight excluding hydrogens is 462 g/mol. The van der Waals surface area contributed by atoms with Gasteiger partial charge in [-0.1, -0.05) is 84.9 Å². The van der Waals surface area contributed by atoms with Gasteiger partial charge < -0.3 is 10.2 Å². The van der Waals surface area contributed by atoms with Gasteiger partial charge in [-0.15, -0.1) is 11.8 Å². The van der Waals surface area contributed by atoms with Crippen LogP contribution in [-0.4, -0.2) is 55.0 Å². The Balaban J connectivity index is 1.08. The minimum Gasteiger partial charge on any atom is -0.345 e. The molecule has 2 heterocycles. The molecule has 0 spiro atoms. The first-order chi connectivity index (χ1) is 17.8. The number of carbonyl (C=O) groups excluding carboxylic acids is 1. The van der Waals surface area contributed by atoms with E-state index in [1.807, 2.05) is 11.8 Å².